The molecular formula is C35H40O16. The van der Waals surface area contributed by atoms with Gasteiger partial charge in [-0.25, -0.2) is 9.59 Å². The Morgan fingerprint density at radius 1 is 0.843 bits per heavy atom. The van der Waals surface area contributed by atoms with Crippen molar-refractivity contribution in [1.29, 1.82) is 0 Å². The molecule has 0 N–H and O–H groups in total. The van der Waals surface area contributed by atoms with E-state index in [0.29, 0.717) is 16.9 Å². The molecule has 2 fully saturated rings. The van der Waals surface area contributed by atoms with Gasteiger partial charge in [-0.05, 0) is 42.3 Å². The van der Waals surface area contributed by atoms with Gasteiger partial charge in [0.15, 0.2) is 30.7 Å². The molecule has 2 unspecified atom stereocenters. The number of hydrogen-bond donors (Lipinski definition) is 0. The molecule has 3 rings (SSSR count). The number of ether oxygens (including phenoxy) is 9. The molecule has 0 aromatic heterocycles. The fourth-order valence-corrected chi connectivity index (χ4v) is 5.09. The lowest BCUT2D eigenvalue weighted by atomic mass is 9.98. The van der Waals surface area contributed by atoms with Gasteiger partial charge in [-0.1, -0.05) is 18.7 Å². The van der Waals surface area contributed by atoms with Crippen molar-refractivity contribution in [2.75, 3.05) is 13.2 Å². The normalized spacial score (nSPS) is 24.2. The summed E-state index contributed by atoms with van der Waals surface area (Å²) in [4.78, 5) is 84.1. The molecule has 2 heterocycles. The highest BCUT2D eigenvalue weighted by molar-refractivity contribution is 5.91. The molecule has 16 nitrogen and oxygen atoms in total. The summed E-state index contributed by atoms with van der Waals surface area (Å²) in [6.07, 6.45) is -4.74. The Kier molecular flexibility index (Phi) is 14.6. The van der Waals surface area contributed by atoms with E-state index in [-0.39, 0.29) is 18.6 Å². The smallest absolute Gasteiger partial charge is 0.334 e. The molecule has 0 aliphatic carbocycles. The van der Waals surface area contributed by atoms with Gasteiger partial charge in [0, 0.05) is 52.7 Å². The summed E-state index contributed by atoms with van der Waals surface area (Å²) in [7, 11) is 0. The number of esters is 7. The summed E-state index contributed by atoms with van der Waals surface area (Å²) in [6, 6.07) is 6.40. The third-order valence-corrected chi connectivity index (χ3v) is 7.10. The van der Waals surface area contributed by atoms with Gasteiger partial charge >= 0.3 is 41.8 Å². The van der Waals surface area contributed by atoms with Crippen molar-refractivity contribution in [2.45, 2.75) is 90.9 Å². The number of hydrogen-bond acceptors (Lipinski definition) is 16. The van der Waals surface area contributed by atoms with Crippen LogP contribution in [0.15, 0.2) is 54.1 Å². The van der Waals surface area contributed by atoms with Crippen LogP contribution in [-0.2, 0) is 71.5 Å². The minimum atomic E-state index is -1.45. The summed E-state index contributed by atoms with van der Waals surface area (Å²) < 4.78 is 48.9. The second-order valence-corrected chi connectivity index (χ2v) is 11.5. The van der Waals surface area contributed by atoms with Gasteiger partial charge in [-0.2, -0.15) is 0 Å². The predicted octanol–water partition coefficient (Wildman–Crippen LogP) is 2.45. The molecule has 1 aromatic carbocycles. The van der Waals surface area contributed by atoms with Gasteiger partial charge in [-0.15, -0.1) is 0 Å². The summed E-state index contributed by atoms with van der Waals surface area (Å²) >= 11 is 0. The Morgan fingerprint density at radius 3 is 2.02 bits per heavy atom. The van der Waals surface area contributed by atoms with Crippen molar-refractivity contribution in [3.63, 3.8) is 0 Å². The largest absolute Gasteiger partial charge is 0.463 e. The standard InChI is InChI=1S/C35H40O16/c1-18(2)30(51-29(41)13-10-24-8-11-26(12-9-24)45-20(4)37)27-16-25(34(42)49-27)14-15-43-35-33(48-23(7)40)32(47-22(6)39)31(46-21(5)38)28(50-35)17-44-19(3)36/h8-14,27-28,30-33,35H,1,15-17H2,2-7H3/b13-10+,25-14-/t27?,28-,30?,31-,32+,33-,35-/m1/s1. The minimum absolute atomic E-state index is 0.00684. The van der Waals surface area contributed by atoms with E-state index >= 15 is 0 Å². The van der Waals surface area contributed by atoms with Gasteiger partial charge < -0.3 is 42.6 Å². The lowest BCUT2D eigenvalue weighted by Gasteiger charge is -2.43. The zero-order valence-electron chi connectivity index (χ0n) is 28.9. The first kappa shape index (κ1) is 40.1. The monoisotopic (exact) mass is 716 g/mol. The van der Waals surface area contributed by atoms with Crippen molar-refractivity contribution >= 4 is 47.9 Å². The summed E-state index contributed by atoms with van der Waals surface area (Å²) in [5, 5.41) is 0. The predicted molar refractivity (Wildman–Crippen MR) is 172 cm³/mol. The lowest BCUT2D eigenvalue weighted by molar-refractivity contribution is -0.306. The van der Waals surface area contributed by atoms with Crippen LogP contribution in [0.5, 0.6) is 5.75 Å². The van der Waals surface area contributed by atoms with E-state index in [1.165, 1.54) is 25.2 Å². The van der Waals surface area contributed by atoms with E-state index in [2.05, 4.69) is 6.58 Å². The Morgan fingerprint density at radius 2 is 1.45 bits per heavy atom. The molecule has 0 spiro atoms. The molecule has 276 valence electrons. The first-order valence-corrected chi connectivity index (χ1v) is 15.7. The third-order valence-electron chi connectivity index (χ3n) is 7.10. The molecule has 51 heavy (non-hydrogen) atoms. The van der Waals surface area contributed by atoms with Gasteiger partial charge in [0.05, 0.1) is 6.61 Å². The molecule has 2 aliphatic heterocycles. The molecular weight excluding hydrogens is 676 g/mol. The molecule has 0 saturated carbocycles. The molecule has 7 atom stereocenters. The topological polar surface area (TPSA) is 203 Å². The van der Waals surface area contributed by atoms with Crippen molar-refractivity contribution in [3.05, 3.63) is 59.7 Å². The van der Waals surface area contributed by atoms with Crippen LogP contribution in [0.1, 0.15) is 53.5 Å². The maximum atomic E-state index is 12.8. The van der Waals surface area contributed by atoms with Gasteiger partial charge in [0.25, 0.3) is 0 Å². The maximum Gasteiger partial charge on any atom is 0.334 e. The van der Waals surface area contributed by atoms with Crippen LogP contribution >= 0.6 is 0 Å². The van der Waals surface area contributed by atoms with Gasteiger partial charge in [0.2, 0.25) is 0 Å². The number of carbonyl (C=O) groups is 7. The van der Waals surface area contributed by atoms with Crippen LogP contribution in [0.4, 0.5) is 0 Å². The number of benzene rings is 1. The summed E-state index contributed by atoms with van der Waals surface area (Å²) in [5.74, 6) is -4.62. The molecule has 0 bridgehead atoms. The van der Waals surface area contributed by atoms with E-state index in [0.717, 1.165) is 27.7 Å². The molecule has 0 radical (unpaired) electrons. The highest BCUT2D eigenvalue weighted by Gasteiger charge is 2.52. The number of carbonyl (C=O) groups excluding carboxylic acids is 7. The van der Waals surface area contributed by atoms with Crippen LogP contribution in [0.25, 0.3) is 6.08 Å². The number of rotatable bonds is 14. The zero-order chi connectivity index (χ0) is 37.8. The van der Waals surface area contributed by atoms with Crippen LogP contribution in [0.2, 0.25) is 0 Å². The van der Waals surface area contributed by atoms with E-state index in [9.17, 15) is 33.6 Å². The summed E-state index contributed by atoms with van der Waals surface area (Å²) in [5.41, 5.74) is 1.20. The Hall–Kier alpha value is -5.35. The molecule has 0 amide bonds. The first-order chi connectivity index (χ1) is 24.0. The van der Waals surface area contributed by atoms with Crippen molar-refractivity contribution in [2.24, 2.45) is 0 Å². The fourth-order valence-electron chi connectivity index (χ4n) is 5.09. The second kappa shape index (κ2) is 18.6. The van der Waals surface area contributed by atoms with Gasteiger partial charge in [0.1, 0.15) is 24.6 Å². The Bertz CT molecular complexity index is 1560. The van der Waals surface area contributed by atoms with E-state index in [4.69, 9.17) is 42.6 Å². The number of cyclic esters (lactones) is 1. The van der Waals surface area contributed by atoms with Crippen molar-refractivity contribution < 1.29 is 76.2 Å². The molecule has 1 aromatic rings. The lowest BCUT2D eigenvalue weighted by Crippen LogP contribution is -2.62. The SMILES string of the molecule is C=C(C)C(OC(=O)/C=C/c1ccc(OC(C)=O)cc1)C1C/C(=C/CO[C@@H]2O[C@H](COC(C)=O)[C@@H](OC(C)=O)[C@H](OC(C)=O)[C@H]2OC(C)=O)C(=O)O1. The van der Waals surface area contributed by atoms with E-state index in [1.54, 1.807) is 31.2 Å². The minimum Gasteiger partial charge on any atom is -0.463 e. The zero-order valence-corrected chi connectivity index (χ0v) is 28.9. The van der Waals surface area contributed by atoms with Crippen molar-refractivity contribution in [3.8, 4) is 5.75 Å². The quantitative estimate of drug-likeness (QED) is 0.0892. The first-order valence-electron chi connectivity index (χ1n) is 15.7. The average Bonchev–Trinajstić information content (AvgIpc) is 3.39. The third kappa shape index (κ3) is 12.5. The van der Waals surface area contributed by atoms with E-state index < -0.39 is 91.3 Å². The Labute approximate surface area is 293 Å². The summed E-state index contributed by atoms with van der Waals surface area (Å²) in [6.45, 7) is 10.4. The second-order valence-electron chi connectivity index (χ2n) is 11.5. The highest BCUT2D eigenvalue weighted by Crippen LogP contribution is 2.31. The van der Waals surface area contributed by atoms with Crippen LogP contribution in [0.3, 0.4) is 0 Å². The molecule has 2 aliphatic rings. The van der Waals surface area contributed by atoms with Gasteiger partial charge in [-0.3, -0.25) is 24.0 Å². The highest BCUT2D eigenvalue weighted by atomic mass is 16.7. The Balaban J connectivity index is 1.72. The van der Waals surface area contributed by atoms with E-state index in [1.807, 2.05) is 0 Å². The fraction of sp³-hybridized carbons (Fsp3) is 0.457. The molecule has 2 saturated heterocycles. The maximum absolute atomic E-state index is 12.8. The van der Waals surface area contributed by atoms with Crippen molar-refractivity contribution in [1.82, 2.24) is 0 Å². The van der Waals surface area contributed by atoms with Crippen LogP contribution in [-0.4, -0.2) is 97.9 Å². The van der Waals surface area contributed by atoms with Crippen LogP contribution < -0.4 is 4.74 Å². The average molecular weight is 717 g/mol. The molecule has 16 heteroatoms. The van der Waals surface area contributed by atoms with Crippen LogP contribution in [0, 0.1) is 0 Å².